The van der Waals surface area contributed by atoms with Crippen molar-refractivity contribution in [1.82, 2.24) is 0 Å². The van der Waals surface area contributed by atoms with Crippen LogP contribution in [0.25, 0.3) is 10.8 Å². The van der Waals surface area contributed by atoms with Crippen molar-refractivity contribution in [2.24, 2.45) is 0 Å². The molecule has 0 heterocycles. The molecule has 2 aromatic rings. The molecule has 0 saturated heterocycles. The van der Waals surface area contributed by atoms with Crippen LogP contribution in [0.15, 0.2) is 24.3 Å². The van der Waals surface area contributed by atoms with Gasteiger partial charge in [0.2, 0.25) is 0 Å². The highest BCUT2D eigenvalue weighted by Crippen LogP contribution is 2.46. The fourth-order valence-corrected chi connectivity index (χ4v) is 3.23. The zero-order chi connectivity index (χ0) is 13.0. The second-order valence-electron chi connectivity index (χ2n) is 5.25. The highest BCUT2D eigenvalue weighted by atomic mass is 16.5. The fraction of sp³-hybridized carbons (Fsp3) is 0.294. The van der Waals surface area contributed by atoms with Gasteiger partial charge < -0.3 is 9.47 Å². The Morgan fingerprint density at radius 2 is 1.26 bits per heavy atom. The molecule has 0 aliphatic heterocycles. The SMILES string of the molecule is COc1c2c(c(OC)c3cc4c(cc13)C4)CC=CC2. The summed E-state index contributed by atoms with van der Waals surface area (Å²) in [5.74, 6) is 2.06. The van der Waals surface area contributed by atoms with E-state index in [2.05, 4.69) is 24.3 Å². The van der Waals surface area contributed by atoms with Crippen molar-refractivity contribution in [3.63, 3.8) is 0 Å². The van der Waals surface area contributed by atoms with Gasteiger partial charge in [0.05, 0.1) is 14.2 Å². The Labute approximate surface area is 112 Å². The molecule has 0 N–H and O–H groups in total. The summed E-state index contributed by atoms with van der Waals surface area (Å²) in [5, 5.41) is 2.40. The van der Waals surface area contributed by atoms with Crippen molar-refractivity contribution >= 4 is 10.8 Å². The minimum atomic E-state index is 0.932. The van der Waals surface area contributed by atoms with Crippen LogP contribution in [0.5, 0.6) is 11.5 Å². The van der Waals surface area contributed by atoms with Crippen LogP contribution in [0, 0.1) is 0 Å². The Morgan fingerprint density at radius 3 is 1.68 bits per heavy atom. The van der Waals surface area contributed by atoms with Gasteiger partial charge in [-0.2, -0.15) is 0 Å². The number of hydrogen-bond donors (Lipinski definition) is 0. The molecule has 0 bridgehead atoms. The molecule has 19 heavy (non-hydrogen) atoms. The standard InChI is InChI=1S/C17H16O2/c1-18-16-12-5-3-4-6-13(12)17(19-2)15-9-11-7-10(11)8-14(15)16/h3-4,8-9H,5-7H2,1-2H3. The molecule has 0 atom stereocenters. The van der Waals surface area contributed by atoms with E-state index in [1.165, 1.54) is 33.0 Å². The average Bonchev–Trinajstić information content (AvgIpc) is 3.20. The average molecular weight is 252 g/mol. The molecule has 2 aliphatic carbocycles. The highest BCUT2D eigenvalue weighted by molar-refractivity contribution is 5.98. The van der Waals surface area contributed by atoms with Crippen molar-refractivity contribution < 1.29 is 9.47 Å². The van der Waals surface area contributed by atoms with Gasteiger partial charge in [-0.25, -0.2) is 0 Å². The molecular weight excluding hydrogens is 236 g/mol. The summed E-state index contributed by atoms with van der Waals surface area (Å²) in [7, 11) is 3.54. The summed E-state index contributed by atoms with van der Waals surface area (Å²) in [6, 6.07) is 4.54. The quantitative estimate of drug-likeness (QED) is 0.651. The molecule has 2 heteroatoms. The number of allylic oxidation sites excluding steroid dienone is 2. The number of hydrogen-bond acceptors (Lipinski definition) is 2. The second-order valence-corrected chi connectivity index (χ2v) is 5.25. The van der Waals surface area contributed by atoms with E-state index >= 15 is 0 Å². The van der Waals surface area contributed by atoms with E-state index in [1.807, 2.05) is 0 Å². The Hall–Kier alpha value is -1.96. The minimum Gasteiger partial charge on any atom is -0.496 e. The van der Waals surface area contributed by atoms with E-state index in [-0.39, 0.29) is 0 Å². The lowest BCUT2D eigenvalue weighted by atomic mass is 9.91. The van der Waals surface area contributed by atoms with Crippen LogP contribution in [0.2, 0.25) is 0 Å². The van der Waals surface area contributed by atoms with E-state index in [1.54, 1.807) is 14.2 Å². The molecule has 0 saturated carbocycles. The number of methoxy groups -OCH3 is 2. The van der Waals surface area contributed by atoms with E-state index in [0.29, 0.717) is 0 Å². The van der Waals surface area contributed by atoms with Gasteiger partial charge in [-0.15, -0.1) is 0 Å². The Balaban J connectivity index is 2.15. The number of fused-ring (bicyclic) bond motifs is 3. The van der Waals surface area contributed by atoms with Gasteiger partial charge in [-0.05, 0) is 42.5 Å². The van der Waals surface area contributed by atoms with Gasteiger partial charge in [-0.1, -0.05) is 12.2 Å². The highest BCUT2D eigenvalue weighted by Gasteiger charge is 2.25. The summed E-state index contributed by atoms with van der Waals surface area (Å²) in [6.07, 6.45) is 7.41. The lowest BCUT2D eigenvalue weighted by Crippen LogP contribution is -2.05. The number of ether oxygens (including phenoxy) is 2. The maximum absolute atomic E-state index is 5.71. The third-order valence-corrected chi connectivity index (χ3v) is 4.22. The Morgan fingerprint density at radius 1 is 0.789 bits per heavy atom. The van der Waals surface area contributed by atoms with E-state index < -0.39 is 0 Å². The monoisotopic (exact) mass is 252 g/mol. The van der Waals surface area contributed by atoms with Crippen LogP contribution in [-0.2, 0) is 19.3 Å². The summed E-state index contributed by atoms with van der Waals surface area (Å²) in [5.41, 5.74) is 5.46. The van der Waals surface area contributed by atoms with Gasteiger partial charge in [0.1, 0.15) is 11.5 Å². The van der Waals surface area contributed by atoms with Crippen molar-refractivity contribution in [1.29, 1.82) is 0 Å². The molecule has 0 amide bonds. The second kappa shape index (κ2) is 3.77. The van der Waals surface area contributed by atoms with Gasteiger partial charge in [0.15, 0.2) is 0 Å². The molecule has 4 rings (SSSR count). The van der Waals surface area contributed by atoms with Crippen molar-refractivity contribution in [3.8, 4) is 11.5 Å². The summed E-state index contributed by atoms with van der Waals surface area (Å²) >= 11 is 0. The molecule has 2 aromatic carbocycles. The van der Waals surface area contributed by atoms with E-state index in [0.717, 1.165) is 30.8 Å². The van der Waals surface area contributed by atoms with Crippen LogP contribution in [0.3, 0.4) is 0 Å². The maximum Gasteiger partial charge on any atom is 0.130 e. The molecule has 2 aliphatic rings. The van der Waals surface area contributed by atoms with Crippen molar-refractivity contribution in [2.75, 3.05) is 14.2 Å². The van der Waals surface area contributed by atoms with Gasteiger partial charge >= 0.3 is 0 Å². The molecule has 0 fully saturated rings. The topological polar surface area (TPSA) is 18.5 Å². The van der Waals surface area contributed by atoms with E-state index in [4.69, 9.17) is 9.47 Å². The molecule has 0 spiro atoms. The summed E-state index contributed by atoms with van der Waals surface area (Å²) in [6.45, 7) is 0. The fourth-order valence-electron chi connectivity index (χ4n) is 3.23. The Bertz CT molecular complexity index is 666. The van der Waals surface area contributed by atoms with Crippen LogP contribution < -0.4 is 9.47 Å². The van der Waals surface area contributed by atoms with Gasteiger partial charge in [0, 0.05) is 21.9 Å². The number of rotatable bonds is 2. The molecule has 2 nitrogen and oxygen atoms in total. The smallest absolute Gasteiger partial charge is 0.130 e. The maximum atomic E-state index is 5.71. The van der Waals surface area contributed by atoms with Crippen molar-refractivity contribution in [3.05, 3.63) is 46.5 Å². The van der Waals surface area contributed by atoms with Crippen LogP contribution in [-0.4, -0.2) is 14.2 Å². The molecule has 0 unspecified atom stereocenters. The molecule has 96 valence electrons. The normalized spacial score (nSPS) is 15.1. The predicted molar refractivity (Wildman–Crippen MR) is 76.4 cm³/mol. The first-order chi connectivity index (χ1) is 9.33. The van der Waals surface area contributed by atoms with E-state index in [9.17, 15) is 0 Å². The molecule has 0 aromatic heterocycles. The third-order valence-electron chi connectivity index (χ3n) is 4.22. The largest absolute Gasteiger partial charge is 0.496 e. The molecule has 0 radical (unpaired) electrons. The third kappa shape index (κ3) is 1.43. The Kier molecular flexibility index (Phi) is 2.16. The summed E-state index contributed by atoms with van der Waals surface area (Å²) in [4.78, 5) is 0. The van der Waals surface area contributed by atoms with Gasteiger partial charge in [-0.3, -0.25) is 0 Å². The first-order valence-corrected chi connectivity index (χ1v) is 6.69. The van der Waals surface area contributed by atoms with Crippen molar-refractivity contribution in [2.45, 2.75) is 19.3 Å². The van der Waals surface area contributed by atoms with Crippen LogP contribution >= 0.6 is 0 Å². The first-order valence-electron chi connectivity index (χ1n) is 6.69. The summed E-state index contributed by atoms with van der Waals surface area (Å²) < 4.78 is 11.4. The number of benzene rings is 2. The zero-order valence-corrected chi connectivity index (χ0v) is 11.2. The molecular formula is C17H16O2. The zero-order valence-electron chi connectivity index (χ0n) is 11.2. The van der Waals surface area contributed by atoms with Crippen LogP contribution in [0.1, 0.15) is 22.3 Å². The lowest BCUT2D eigenvalue weighted by Gasteiger charge is -2.21. The van der Waals surface area contributed by atoms with Crippen LogP contribution in [0.4, 0.5) is 0 Å². The predicted octanol–water partition coefficient (Wildman–Crippen LogP) is 3.42. The van der Waals surface area contributed by atoms with Gasteiger partial charge in [0.25, 0.3) is 0 Å². The first kappa shape index (κ1) is 10.9. The minimum absolute atomic E-state index is 0.932. The lowest BCUT2D eigenvalue weighted by molar-refractivity contribution is 0.403.